The summed E-state index contributed by atoms with van der Waals surface area (Å²) in [7, 11) is 0. The molecule has 6 heteroatoms. The minimum Gasteiger partial charge on any atom is -0.492 e. The van der Waals surface area contributed by atoms with Gasteiger partial charge in [-0.05, 0) is 69.0 Å². The van der Waals surface area contributed by atoms with Gasteiger partial charge in [0.25, 0.3) is 0 Å². The molecule has 0 aliphatic carbocycles. The Hall–Kier alpha value is -2.10. The van der Waals surface area contributed by atoms with E-state index in [4.69, 9.17) is 20.5 Å². The lowest BCUT2D eigenvalue weighted by molar-refractivity contribution is -0.123. The second-order valence-corrected chi connectivity index (χ2v) is 7.21. The van der Waals surface area contributed by atoms with Gasteiger partial charge in [-0.15, -0.1) is 0 Å². The van der Waals surface area contributed by atoms with E-state index in [-0.39, 0.29) is 17.9 Å². The van der Waals surface area contributed by atoms with Crippen LogP contribution in [0.4, 0.5) is 0 Å². The van der Waals surface area contributed by atoms with Crippen LogP contribution in [0.15, 0.2) is 24.3 Å². The van der Waals surface area contributed by atoms with E-state index in [1.165, 1.54) is 0 Å². The van der Waals surface area contributed by atoms with Crippen molar-refractivity contribution in [3.63, 3.8) is 0 Å². The van der Waals surface area contributed by atoms with Crippen LogP contribution in [0.1, 0.15) is 31.2 Å². The van der Waals surface area contributed by atoms with Gasteiger partial charge < -0.3 is 15.2 Å². The van der Waals surface area contributed by atoms with Crippen molar-refractivity contribution in [2.45, 2.75) is 31.8 Å². The number of amides is 1. The van der Waals surface area contributed by atoms with Crippen LogP contribution >= 0.6 is 0 Å². The molecule has 3 rings (SSSR count). The number of nitrogens with two attached hydrogens (primary N) is 1. The number of benzene rings is 1. The zero-order chi connectivity index (χ0) is 18.4. The summed E-state index contributed by atoms with van der Waals surface area (Å²) in [4.78, 5) is 13.9. The van der Waals surface area contributed by atoms with E-state index in [0.29, 0.717) is 24.7 Å². The van der Waals surface area contributed by atoms with Gasteiger partial charge in [0.15, 0.2) is 0 Å². The van der Waals surface area contributed by atoms with E-state index in [2.05, 4.69) is 11.0 Å². The maximum Gasteiger partial charge on any atom is 0.223 e. The van der Waals surface area contributed by atoms with Gasteiger partial charge in [-0.25, -0.2) is 0 Å². The fourth-order valence-electron chi connectivity index (χ4n) is 3.90. The second-order valence-electron chi connectivity index (χ2n) is 7.21. The summed E-state index contributed by atoms with van der Waals surface area (Å²) in [5.74, 6) is 1.09. The molecule has 2 aliphatic rings. The number of nitriles is 1. The highest BCUT2D eigenvalue weighted by molar-refractivity contribution is 5.77. The van der Waals surface area contributed by atoms with Gasteiger partial charge in [0, 0.05) is 13.2 Å². The molecule has 2 fully saturated rings. The zero-order valence-corrected chi connectivity index (χ0v) is 15.1. The van der Waals surface area contributed by atoms with Crippen molar-refractivity contribution in [2.24, 2.45) is 17.6 Å². The molecule has 0 radical (unpaired) electrons. The van der Waals surface area contributed by atoms with Gasteiger partial charge in [0.2, 0.25) is 5.91 Å². The summed E-state index contributed by atoms with van der Waals surface area (Å²) in [5.41, 5.74) is 6.12. The standard InChI is InChI=1S/C20H27N3O3/c21-14-16-1-3-17(4-2-16)25-12-10-23-8-5-15(6-9-23)13-19-18(20(22)24)7-11-26-19/h1-4,15,18-19H,5-13H2,(H2,22,24)/t18-,19-/m1/s1. The number of hydrogen-bond donors (Lipinski definition) is 1. The number of carbonyl (C=O) groups excluding carboxylic acids is 1. The minimum atomic E-state index is -0.218. The van der Waals surface area contributed by atoms with Gasteiger partial charge in [0.1, 0.15) is 12.4 Å². The van der Waals surface area contributed by atoms with E-state index < -0.39 is 0 Å². The van der Waals surface area contributed by atoms with Crippen molar-refractivity contribution < 1.29 is 14.3 Å². The Bertz CT molecular complexity index is 633. The quantitative estimate of drug-likeness (QED) is 0.805. The Kier molecular flexibility index (Phi) is 6.48. The Morgan fingerprint density at radius 1 is 1.27 bits per heavy atom. The smallest absolute Gasteiger partial charge is 0.223 e. The van der Waals surface area contributed by atoms with E-state index in [0.717, 1.165) is 51.1 Å². The third-order valence-electron chi connectivity index (χ3n) is 5.51. The number of hydrogen-bond acceptors (Lipinski definition) is 5. The molecule has 6 nitrogen and oxygen atoms in total. The number of rotatable bonds is 7. The van der Waals surface area contributed by atoms with Crippen molar-refractivity contribution in [3.8, 4) is 11.8 Å². The molecule has 2 atom stereocenters. The van der Waals surface area contributed by atoms with Crippen molar-refractivity contribution in [1.29, 1.82) is 5.26 Å². The maximum atomic E-state index is 11.5. The summed E-state index contributed by atoms with van der Waals surface area (Å²) in [6, 6.07) is 9.31. The minimum absolute atomic E-state index is 0.0174. The molecular weight excluding hydrogens is 330 g/mol. The van der Waals surface area contributed by atoms with Crippen LogP contribution in [-0.4, -0.2) is 49.8 Å². The second kappa shape index (κ2) is 9.02. The molecule has 1 aromatic rings. The first-order valence-electron chi connectivity index (χ1n) is 9.42. The van der Waals surface area contributed by atoms with Gasteiger partial charge in [0.05, 0.1) is 23.7 Å². The van der Waals surface area contributed by atoms with Gasteiger partial charge in [-0.2, -0.15) is 5.26 Å². The molecule has 0 unspecified atom stereocenters. The number of piperidine rings is 1. The number of nitrogens with zero attached hydrogens (tertiary/aromatic N) is 2. The van der Waals surface area contributed by atoms with Crippen LogP contribution in [0.3, 0.4) is 0 Å². The number of carbonyl (C=O) groups is 1. The number of primary amides is 1. The summed E-state index contributed by atoms with van der Waals surface area (Å²) in [6.45, 7) is 4.30. The van der Waals surface area contributed by atoms with Crippen molar-refractivity contribution in [1.82, 2.24) is 4.90 Å². The Morgan fingerprint density at radius 2 is 2.00 bits per heavy atom. The summed E-state index contributed by atoms with van der Waals surface area (Å²) in [6.07, 6.45) is 3.99. The lowest BCUT2D eigenvalue weighted by Gasteiger charge is -2.33. The molecule has 2 aliphatic heterocycles. The third kappa shape index (κ3) is 4.96. The lowest BCUT2D eigenvalue weighted by atomic mass is 9.86. The van der Waals surface area contributed by atoms with Crippen LogP contribution in [0.2, 0.25) is 0 Å². The Balaban J connectivity index is 1.34. The van der Waals surface area contributed by atoms with Crippen molar-refractivity contribution >= 4 is 5.91 Å². The van der Waals surface area contributed by atoms with Crippen LogP contribution < -0.4 is 10.5 Å². The Morgan fingerprint density at radius 3 is 2.65 bits per heavy atom. The lowest BCUT2D eigenvalue weighted by Crippen LogP contribution is -2.38. The summed E-state index contributed by atoms with van der Waals surface area (Å²) < 4.78 is 11.5. The highest BCUT2D eigenvalue weighted by Gasteiger charge is 2.34. The molecule has 0 spiro atoms. The fourth-order valence-corrected chi connectivity index (χ4v) is 3.90. The molecule has 0 saturated carbocycles. The first-order valence-corrected chi connectivity index (χ1v) is 9.42. The largest absolute Gasteiger partial charge is 0.492 e. The van der Waals surface area contributed by atoms with Gasteiger partial charge >= 0.3 is 0 Å². The Labute approximate surface area is 154 Å². The van der Waals surface area contributed by atoms with E-state index >= 15 is 0 Å². The topological polar surface area (TPSA) is 88.6 Å². The molecule has 0 aromatic heterocycles. The molecule has 2 heterocycles. The van der Waals surface area contributed by atoms with Gasteiger partial charge in [-0.1, -0.05) is 0 Å². The zero-order valence-electron chi connectivity index (χ0n) is 15.1. The van der Waals surface area contributed by atoms with Crippen molar-refractivity contribution in [2.75, 3.05) is 32.8 Å². The average molecular weight is 357 g/mol. The molecule has 0 bridgehead atoms. The predicted octanol–water partition coefficient (Wildman–Crippen LogP) is 1.93. The predicted molar refractivity (Wildman–Crippen MR) is 97.5 cm³/mol. The molecular formula is C20H27N3O3. The SMILES string of the molecule is N#Cc1ccc(OCCN2CCC(C[C@H]3OCC[C@H]3C(N)=O)CC2)cc1. The van der Waals surface area contributed by atoms with E-state index in [1.807, 2.05) is 12.1 Å². The normalized spacial score (nSPS) is 24.3. The van der Waals surface area contributed by atoms with Crippen LogP contribution in [0.5, 0.6) is 5.75 Å². The molecule has 26 heavy (non-hydrogen) atoms. The average Bonchev–Trinajstić information content (AvgIpc) is 3.12. The maximum absolute atomic E-state index is 11.5. The molecule has 140 valence electrons. The highest BCUT2D eigenvalue weighted by atomic mass is 16.5. The number of ether oxygens (including phenoxy) is 2. The highest BCUT2D eigenvalue weighted by Crippen LogP contribution is 2.30. The summed E-state index contributed by atoms with van der Waals surface area (Å²) in [5, 5.41) is 8.80. The van der Waals surface area contributed by atoms with Crippen LogP contribution in [0.25, 0.3) is 0 Å². The molecule has 1 amide bonds. The third-order valence-corrected chi connectivity index (χ3v) is 5.51. The first-order chi connectivity index (χ1) is 12.7. The van der Waals surface area contributed by atoms with E-state index in [1.54, 1.807) is 12.1 Å². The van der Waals surface area contributed by atoms with E-state index in [9.17, 15) is 4.79 Å². The molecule has 2 N–H and O–H groups in total. The van der Waals surface area contributed by atoms with Crippen LogP contribution in [-0.2, 0) is 9.53 Å². The van der Waals surface area contributed by atoms with Crippen LogP contribution in [0, 0.1) is 23.2 Å². The fraction of sp³-hybridized carbons (Fsp3) is 0.600. The van der Waals surface area contributed by atoms with Crippen molar-refractivity contribution in [3.05, 3.63) is 29.8 Å². The molecule has 2 saturated heterocycles. The summed E-state index contributed by atoms with van der Waals surface area (Å²) >= 11 is 0. The first kappa shape index (κ1) is 18.7. The monoisotopic (exact) mass is 357 g/mol. The van der Waals surface area contributed by atoms with Gasteiger partial charge in [-0.3, -0.25) is 9.69 Å². The number of likely N-dealkylation sites (tertiary alicyclic amines) is 1. The molecule has 1 aromatic carbocycles.